The number of benzene rings is 1. The smallest absolute Gasteiger partial charge is 0.325 e. The lowest BCUT2D eigenvalue weighted by molar-refractivity contribution is -0.144. The summed E-state index contributed by atoms with van der Waals surface area (Å²) in [5, 5.41) is 22.9. The van der Waals surface area contributed by atoms with Crippen LogP contribution in [0.1, 0.15) is 25.5 Å². The first-order valence-corrected chi connectivity index (χ1v) is 7.67. The lowest BCUT2D eigenvalue weighted by Gasteiger charge is -2.36. The number of nitrogens with one attached hydrogen (secondary N) is 1. The van der Waals surface area contributed by atoms with Gasteiger partial charge in [-0.1, -0.05) is 11.6 Å². The second-order valence-electron chi connectivity index (χ2n) is 5.37. The van der Waals surface area contributed by atoms with Gasteiger partial charge >= 0.3 is 5.97 Å². The van der Waals surface area contributed by atoms with E-state index in [4.69, 9.17) is 16.3 Å². The molecular formula is C15H21ClN2O4. The molecule has 2 rings (SSSR count). The molecule has 1 heterocycles. The average molecular weight is 329 g/mol. The Hall–Kier alpha value is -1.50. The highest BCUT2D eigenvalue weighted by atomic mass is 35.5. The number of carboxylic acids is 1. The maximum Gasteiger partial charge on any atom is 0.325 e. The van der Waals surface area contributed by atoms with Crippen LogP contribution in [0.15, 0.2) is 12.1 Å². The minimum Gasteiger partial charge on any atom is -0.503 e. The number of hydrogen-bond donors (Lipinski definition) is 3. The summed E-state index contributed by atoms with van der Waals surface area (Å²) in [5.41, 5.74) is 0.507. The van der Waals surface area contributed by atoms with Crippen LogP contribution in [0.25, 0.3) is 0 Å². The maximum atomic E-state index is 11.8. The standard InChI is InChI=1S/C15H21ClN2O4/c1-3-22-12-7-10(6-11(16)14(12)19)13(15(20)21)18-5-4-17-9(2)8-18/h6-7,9,13,17,19H,3-5,8H2,1-2H3,(H,20,21). The topological polar surface area (TPSA) is 82.0 Å². The molecule has 0 spiro atoms. The second kappa shape index (κ2) is 7.17. The van der Waals surface area contributed by atoms with Gasteiger partial charge in [0.05, 0.1) is 11.6 Å². The summed E-state index contributed by atoms with van der Waals surface area (Å²) >= 11 is 6.02. The summed E-state index contributed by atoms with van der Waals surface area (Å²) < 4.78 is 5.34. The zero-order valence-corrected chi connectivity index (χ0v) is 13.4. The van der Waals surface area contributed by atoms with Gasteiger partial charge in [-0.15, -0.1) is 0 Å². The predicted molar refractivity (Wildman–Crippen MR) is 83.7 cm³/mol. The van der Waals surface area contributed by atoms with E-state index in [1.807, 2.05) is 11.8 Å². The lowest BCUT2D eigenvalue weighted by atomic mass is 10.0. The van der Waals surface area contributed by atoms with Gasteiger partial charge in [-0.2, -0.15) is 0 Å². The van der Waals surface area contributed by atoms with Gasteiger partial charge in [0.15, 0.2) is 11.5 Å². The molecule has 3 N–H and O–H groups in total. The highest BCUT2D eigenvalue weighted by molar-refractivity contribution is 6.32. The van der Waals surface area contributed by atoms with Crippen molar-refractivity contribution in [3.63, 3.8) is 0 Å². The maximum absolute atomic E-state index is 11.8. The number of aromatic hydroxyl groups is 1. The molecule has 2 unspecified atom stereocenters. The number of aliphatic carboxylic acids is 1. The molecule has 1 aliphatic heterocycles. The van der Waals surface area contributed by atoms with Crippen LogP contribution in [0.2, 0.25) is 5.02 Å². The summed E-state index contributed by atoms with van der Waals surface area (Å²) in [6.07, 6.45) is 0. The molecule has 1 aliphatic rings. The third kappa shape index (κ3) is 3.63. The summed E-state index contributed by atoms with van der Waals surface area (Å²) in [4.78, 5) is 13.7. The van der Waals surface area contributed by atoms with Gasteiger partial charge in [-0.05, 0) is 31.5 Å². The molecule has 6 nitrogen and oxygen atoms in total. The largest absolute Gasteiger partial charge is 0.503 e. The van der Waals surface area contributed by atoms with Crippen molar-refractivity contribution >= 4 is 17.6 Å². The van der Waals surface area contributed by atoms with Crippen molar-refractivity contribution < 1.29 is 19.7 Å². The minimum atomic E-state index is -0.946. The predicted octanol–water partition coefficient (Wildman–Crippen LogP) is 1.86. The molecule has 7 heteroatoms. The van der Waals surface area contributed by atoms with Crippen LogP contribution < -0.4 is 10.1 Å². The van der Waals surface area contributed by atoms with Crippen LogP contribution in [0.5, 0.6) is 11.5 Å². The van der Waals surface area contributed by atoms with E-state index in [1.54, 1.807) is 13.0 Å². The van der Waals surface area contributed by atoms with Gasteiger partial charge in [-0.25, -0.2) is 0 Å². The molecular weight excluding hydrogens is 308 g/mol. The van der Waals surface area contributed by atoms with E-state index in [0.717, 1.165) is 6.54 Å². The Balaban J connectivity index is 2.38. The molecule has 0 amide bonds. The van der Waals surface area contributed by atoms with Gasteiger partial charge in [0, 0.05) is 25.7 Å². The molecule has 0 aromatic heterocycles. The van der Waals surface area contributed by atoms with Crippen LogP contribution >= 0.6 is 11.6 Å². The number of piperazine rings is 1. The zero-order valence-electron chi connectivity index (χ0n) is 12.7. The fourth-order valence-electron chi connectivity index (χ4n) is 2.72. The van der Waals surface area contributed by atoms with E-state index in [9.17, 15) is 15.0 Å². The Kier molecular flexibility index (Phi) is 5.50. The molecule has 1 aromatic carbocycles. The lowest BCUT2D eigenvalue weighted by Crippen LogP contribution is -2.51. The Morgan fingerprint density at radius 3 is 2.91 bits per heavy atom. The molecule has 0 saturated carbocycles. The highest BCUT2D eigenvalue weighted by Gasteiger charge is 2.31. The number of nitrogens with zero attached hydrogens (tertiary/aromatic N) is 1. The number of halogens is 1. The normalized spacial score (nSPS) is 20.6. The van der Waals surface area contributed by atoms with E-state index in [2.05, 4.69) is 5.32 Å². The van der Waals surface area contributed by atoms with Crippen LogP contribution in [0.4, 0.5) is 0 Å². The van der Waals surface area contributed by atoms with Crippen molar-refractivity contribution in [2.45, 2.75) is 25.9 Å². The third-order valence-corrected chi connectivity index (χ3v) is 3.95. The number of rotatable bonds is 5. The van der Waals surface area contributed by atoms with Crippen molar-refractivity contribution in [2.24, 2.45) is 0 Å². The van der Waals surface area contributed by atoms with E-state index >= 15 is 0 Å². The van der Waals surface area contributed by atoms with E-state index in [-0.39, 0.29) is 22.6 Å². The van der Waals surface area contributed by atoms with Gasteiger partial charge in [-0.3, -0.25) is 9.69 Å². The fraction of sp³-hybridized carbons (Fsp3) is 0.533. The average Bonchev–Trinajstić information content (AvgIpc) is 2.44. The molecule has 1 fully saturated rings. The molecule has 0 bridgehead atoms. The first-order valence-electron chi connectivity index (χ1n) is 7.29. The second-order valence-corrected chi connectivity index (χ2v) is 5.78. The Labute approximate surface area is 134 Å². The van der Waals surface area contributed by atoms with Crippen LogP contribution in [0.3, 0.4) is 0 Å². The van der Waals surface area contributed by atoms with Crippen molar-refractivity contribution in [1.29, 1.82) is 0 Å². The molecule has 0 radical (unpaired) electrons. The first-order chi connectivity index (χ1) is 10.4. The number of phenolic OH excluding ortho intramolecular Hbond substituents is 1. The number of ether oxygens (including phenoxy) is 1. The Morgan fingerprint density at radius 1 is 1.59 bits per heavy atom. The van der Waals surface area contributed by atoms with Crippen LogP contribution in [-0.4, -0.2) is 53.4 Å². The molecule has 1 aromatic rings. The zero-order chi connectivity index (χ0) is 16.3. The summed E-state index contributed by atoms with van der Waals surface area (Å²) in [5.74, 6) is -0.900. The molecule has 0 aliphatic carbocycles. The molecule has 22 heavy (non-hydrogen) atoms. The van der Waals surface area contributed by atoms with Crippen molar-refractivity contribution in [3.05, 3.63) is 22.7 Å². The van der Waals surface area contributed by atoms with Crippen molar-refractivity contribution in [2.75, 3.05) is 26.2 Å². The molecule has 122 valence electrons. The van der Waals surface area contributed by atoms with E-state index < -0.39 is 12.0 Å². The van der Waals surface area contributed by atoms with Gasteiger partial charge in [0.2, 0.25) is 0 Å². The van der Waals surface area contributed by atoms with E-state index in [1.165, 1.54) is 6.07 Å². The molecule has 2 atom stereocenters. The minimum absolute atomic E-state index is 0.0929. The van der Waals surface area contributed by atoms with Crippen molar-refractivity contribution in [1.82, 2.24) is 10.2 Å². The fourth-order valence-corrected chi connectivity index (χ4v) is 2.94. The Bertz CT molecular complexity index is 553. The van der Waals surface area contributed by atoms with Crippen LogP contribution in [0, 0.1) is 0 Å². The number of carboxylic acid groups (broad SMARTS) is 1. The summed E-state index contributed by atoms with van der Waals surface area (Å²) in [6.45, 7) is 6.14. The SMILES string of the molecule is CCOc1cc(C(C(=O)O)N2CCNC(C)C2)cc(Cl)c1O. The highest BCUT2D eigenvalue weighted by Crippen LogP contribution is 2.38. The van der Waals surface area contributed by atoms with Gasteiger partial charge < -0.3 is 20.3 Å². The Morgan fingerprint density at radius 2 is 2.32 bits per heavy atom. The van der Waals surface area contributed by atoms with E-state index in [0.29, 0.717) is 25.3 Å². The third-order valence-electron chi connectivity index (χ3n) is 3.67. The van der Waals surface area contributed by atoms with Crippen LogP contribution in [-0.2, 0) is 4.79 Å². The van der Waals surface area contributed by atoms with Gasteiger partial charge in [0.25, 0.3) is 0 Å². The quantitative estimate of drug-likeness (QED) is 0.765. The first kappa shape index (κ1) is 16.9. The number of phenols is 1. The van der Waals surface area contributed by atoms with Crippen molar-refractivity contribution in [3.8, 4) is 11.5 Å². The number of carbonyl (C=O) groups is 1. The molecule has 1 saturated heterocycles. The number of hydrogen-bond acceptors (Lipinski definition) is 5. The summed E-state index contributed by atoms with van der Waals surface area (Å²) in [6, 6.07) is 2.44. The van der Waals surface area contributed by atoms with Gasteiger partial charge in [0.1, 0.15) is 6.04 Å². The summed E-state index contributed by atoms with van der Waals surface area (Å²) in [7, 11) is 0. The monoisotopic (exact) mass is 328 g/mol.